The van der Waals surface area contributed by atoms with Gasteiger partial charge in [0.1, 0.15) is 0 Å². The number of nitrogens with zero attached hydrogens (tertiary/aromatic N) is 2. The Kier molecular flexibility index (Phi) is 8.05. The highest BCUT2D eigenvalue weighted by Gasteiger charge is 2.14. The lowest BCUT2D eigenvalue weighted by Gasteiger charge is -2.21. The lowest BCUT2D eigenvalue weighted by Crippen LogP contribution is -2.38. The number of methoxy groups -OCH3 is 2. The molecule has 0 radical (unpaired) electrons. The zero-order chi connectivity index (χ0) is 18.1. The van der Waals surface area contributed by atoms with Crippen LogP contribution >= 0.6 is 0 Å². The second-order valence-corrected chi connectivity index (χ2v) is 5.72. The second kappa shape index (κ2) is 9.77. The largest absolute Gasteiger partial charge is 0.493 e. The van der Waals surface area contributed by atoms with E-state index in [4.69, 9.17) is 9.47 Å². The zero-order valence-corrected chi connectivity index (χ0v) is 15.1. The van der Waals surface area contributed by atoms with E-state index in [1.165, 1.54) is 14.0 Å². The number of ether oxygens (including phenoxy) is 2. The number of hydrogen-bond donors (Lipinski definition) is 1. The van der Waals surface area contributed by atoms with Crippen LogP contribution in [-0.2, 0) is 9.59 Å². The molecular formula is C17H27N3O4. The van der Waals surface area contributed by atoms with E-state index < -0.39 is 0 Å². The van der Waals surface area contributed by atoms with E-state index in [0.717, 1.165) is 13.0 Å². The van der Waals surface area contributed by atoms with Crippen molar-refractivity contribution in [2.75, 3.05) is 53.3 Å². The number of carbonyl (C=O) groups excluding carboxylic acids is 2. The summed E-state index contributed by atoms with van der Waals surface area (Å²) in [5, 5.41) is 2.77. The van der Waals surface area contributed by atoms with Gasteiger partial charge in [0.25, 0.3) is 0 Å². The molecule has 134 valence electrons. The third-order valence-electron chi connectivity index (χ3n) is 3.48. The molecule has 0 atom stereocenters. The van der Waals surface area contributed by atoms with Crippen LogP contribution in [0.4, 0.5) is 5.69 Å². The van der Waals surface area contributed by atoms with E-state index in [2.05, 4.69) is 5.32 Å². The minimum absolute atomic E-state index is 0.0249. The van der Waals surface area contributed by atoms with E-state index in [0.29, 0.717) is 23.7 Å². The summed E-state index contributed by atoms with van der Waals surface area (Å²) in [4.78, 5) is 27.5. The highest BCUT2D eigenvalue weighted by atomic mass is 16.5. The molecule has 1 rings (SSSR count). The Morgan fingerprint density at radius 3 is 2.29 bits per heavy atom. The topological polar surface area (TPSA) is 71.1 Å². The zero-order valence-electron chi connectivity index (χ0n) is 15.1. The average Bonchev–Trinajstić information content (AvgIpc) is 2.53. The van der Waals surface area contributed by atoms with Crippen LogP contribution in [0, 0.1) is 0 Å². The monoisotopic (exact) mass is 337 g/mol. The molecule has 0 bridgehead atoms. The highest BCUT2D eigenvalue weighted by Crippen LogP contribution is 2.29. The maximum absolute atomic E-state index is 12.2. The number of nitrogens with one attached hydrogen (secondary N) is 1. The van der Waals surface area contributed by atoms with Crippen LogP contribution < -0.4 is 14.8 Å². The quantitative estimate of drug-likeness (QED) is 0.738. The van der Waals surface area contributed by atoms with Crippen LogP contribution in [0.3, 0.4) is 0 Å². The lowest BCUT2D eigenvalue weighted by atomic mass is 10.2. The maximum Gasteiger partial charge on any atom is 0.243 e. The highest BCUT2D eigenvalue weighted by molar-refractivity contribution is 5.94. The van der Waals surface area contributed by atoms with Gasteiger partial charge in [-0.25, -0.2) is 0 Å². The SMILES string of the molecule is COc1ccc(NC(=O)CN(CCCN(C)C)C(C)=O)cc1OC. The van der Waals surface area contributed by atoms with Crippen molar-refractivity contribution in [1.82, 2.24) is 9.80 Å². The van der Waals surface area contributed by atoms with Crippen molar-refractivity contribution in [3.8, 4) is 11.5 Å². The third-order valence-corrected chi connectivity index (χ3v) is 3.48. The fourth-order valence-electron chi connectivity index (χ4n) is 2.21. The molecule has 0 saturated carbocycles. The van der Waals surface area contributed by atoms with Gasteiger partial charge in [-0.15, -0.1) is 0 Å². The fourth-order valence-corrected chi connectivity index (χ4v) is 2.21. The van der Waals surface area contributed by atoms with E-state index in [1.54, 1.807) is 30.2 Å². The first-order valence-electron chi connectivity index (χ1n) is 7.79. The number of benzene rings is 1. The number of rotatable bonds is 9. The van der Waals surface area contributed by atoms with Crippen molar-refractivity contribution in [3.63, 3.8) is 0 Å². The Balaban J connectivity index is 2.63. The van der Waals surface area contributed by atoms with Crippen molar-refractivity contribution in [2.24, 2.45) is 0 Å². The summed E-state index contributed by atoms with van der Waals surface area (Å²) < 4.78 is 10.4. The van der Waals surface area contributed by atoms with Crippen molar-refractivity contribution in [2.45, 2.75) is 13.3 Å². The van der Waals surface area contributed by atoms with Gasteiger partial charge in [-0.05, 0) is 39.2 Å². The van der Waals surface area contributed by atoms with Crippen LogP contribution in [0.1, 0.15) is 13.3 Å². The van der Waals surface area contributed by atoms with Crippen molar-refractivity contribution in [3.05, 3.63) is 18.2 Å². The lowest BCUT2D eigenvalue weighted by molar-refractivity contribution is -0.132. The Morgan fingerprint density at radius 2 is 1.75 bits per heavy atom. The fraction of sp³-hybridized carbons (Fsp3) is 0.529. The average molecular weight is 337 g/mol. The molecule has 1 aromatic rings. The van der Waals surface area contributed by atoms with Gasteiger partial charge in [0.2, 0.25) is 11.8 Å². The third kappa shape index (κ3) is 6.45. The van der Waals surface area contributed by atoms with Gasteiger partial charge < -0.3 is 24.6 Å². The van der Waals surface area contributed by atoms with Gasteiger partial charge in [0, 0.05) is 25.2 Å². The van der Waals surface area contributed by atoms with Gasteiger partial charge in [-0.3, -0.25) is 9.59 Å². The first-order chi connectivity index (χ1) is 11.4. The molecule has 1 aromatic carbocycles. The van der Waals surface area contributed by atoms with Crippen molar-refractivity contribution in [1.29, 1.82) is 0 Å². The minimum Gasteiger partial charge on any atom is -0.493 e. The molecule has 2 amide bonds. The Labute approximate surface area is 143 Å². The molecule has 0 fully saturated rings. The molecule has 0 aliphatic carbocycles. The van der Waals surface area contributed by atoms with Gasteiger partial charge >= 0.3 is 0 Å². The van der Waals surface area contributed by atoms with E-state index in [-0.39, 0.29) is 18.4 Å². The van der Waals surface area contributed by atoms with Crippen LogP contribution in [0.15, 0.2) is 18.2 Å². The Morgan fingerprint density at radius 1 is 1.08 bits per heavy atom. The molecule has 7 nitrogen and oxygen atoms in total. The van der Waals surface area contributed by atoms with Gasteiger partial charge in [0.15, 0.2) is 11.5 Å². The minimum atomic E-state index is -0.248. The molecule has 1 N–H and O–H groups in total. The number of carbonyl (C=O) groups is 2. The molecule has 0 aromatic heterocycles. The summed E-state index contributed by atoms with van der Waals surface area (Å²) in [5.74, 6) is 0.757. The molecule has 0 unspecified atom stereocenters. The van der Waals surface area contributed by atoms with E-state index >= 15 is 0 Å². The van der Waals surface area contributed by atoms with Gasteiger partial charge in [-0.1, -0.05) is 0 Å². The standard InChI is InChI=1S/C17H27N3O4/c1-13(21)20(10-6-9-19(2)3)12-17(22)18-14-7-8-15(23-4)16(11-14)24-5/h7-8,11H,6,9-10,12H2,1-5H3,(H,18,22). The van der Waals surface area contributed by atoms with E-state index in [9.17, 15) is 9.59 Å². The molecule has 0 saturated heterocycles. The molecule has 0 spiro atoms. The summed E-state index contributed by atoms with van der Waals surface area (Å²) in [7, 11) is 7.03. The maximum atomic E-state index is 12.2. The summed E-state index contributed by atoms with van der Waals surface area (Å²) in [6, 6.07) is 5.12. The van der Waals surface area contributed by atoms with Crippen LogP contribution in [0.25, 0.3) is 0 Å². The number of amides is 2. The molecule has 7 heteroatoms. The Hall–Kier alpha value is -2.28. The predicted molar refractivity (Wildman–Crippen MR) is 93.6 cm³/mol. The first kappa shape index (κ1) is 19.8. The summed E-state index contributed by atoms with van der Waals surface area (Å²) in [5.41, 5.74) is 0.592. The van der Waals surface area contributed by atoms with E-state index in [1.807, 2.05) is 19.0 Å². The summed E-state index contributed by atoms with van der Waals surface area (Å²) in [6.07, 6.45) is 0.816. The molecule has 0 heterocycles. The second-order valence-electron chi connectivity index (χ2n) is 5.72. The number of anilines is 1. The molecule has 0 aliphatic rings. The van der Waals surface area contributed by atoms with Crippen molar-refractivity contribution < 1.29 is 19.1 Å². The van der Waals surface area contributed by atoms with Crippen LogP contribution in [0.5, 0.6) is 11.5 Å². The smallest absolute Gasteiger partial charge is 0.243 e. The summed E-state index contributed by atoms with van der Waals surface area (Å²) in [6.45, 7) is 2.91. The normalized spacial score (nSPS) is 10.4. The summed E-state index contributed by atoms with van der Waals surface area (Å²) >= 11 is 0. The van der Waals surface area contributed by atoms with Gasteiger partial charge in [0.05, 0.1) is 20.8 Å². The Bertz CT molecular complexity index is 561. The molecular weight excluding hydrogens is 310 g/mol. The van der Waals surface area contributed by atoms with Gasteiger partial charge in [-0.2, -0.15) is 0 Å². The first-order valence-corrected chi connectivity index (χ1v) is 7.79. The van der Waals surface area contributed by atoms with Crippen molar-refractivity contribution >= 4 is 17.5 Å². The number of hydrogen-bond acceptors (Lipinski definition) is 5. The van der Waals surface area contributed by atoms with Crippen LogP contribution in [0.2, 0.25) is 0 Å². The molecule has 0 aliphatic heterocycles. The molecule has 24 heavy (non-hydrogen) atoms. The van der Waals surface area contributed by atoms with Crippen LogP contribution in [-0.4, -0.2) is 69.6 Å². The predicted octanol–water partition coefficient (Wildman–Crippen LogP) is 1.44.